The Labute approximate surface area is 164 Å². The van der Waals surface area contributed by atoms with Crippen LogP contribution in [0.2, 0.25) is 0 Å². The van der Waals surface area contributed by atoms with Gasteiger partial charge in [0.25, 0.3) is 0 Å². The fourth-order valence-corrected chi connectivity index (χ4v) is 2.92. The Balaban J connectivity index is 0.00000392. The number of nitrogens with one attached hydrogen (secondary N) is 1. The summed E-state index contributed by atoms with van der Waals surface area (Å²) in [6.07, 6.45) is 1.54. The Hall–Kier alpha value is -2.55. The molecule has 1 unspecified atom stereocenters. The number of ether oxygens (including phenoxy) is 1. The van der Waals surface area contributed by atoms with Gasteiger partial charge < -0.3 is 10.1 Å². The smallest absolute Gasteiger partial charge is 0.410 e. The minimum atomic E-state index is -0.561. The molecule has 1 N–H and O–H groups in total. The van der Waals surface area contributed by atoms with Crippen molar-refractivity contribution in [3.63, 3.8) is 0 Å². The number of carbonyl (C=O) groups excluding carboxylic acids is 1. The number of para-hydroxylation sites is 1. The van der Waals surface area contributed by atoms with E-state index in [1.807, 2.05) is 63.2 Å². The predicted octanol–water partition coefficient (Wildman–Crippen LogP) is 6.58. The highest BCUT2D eigenvalue weighted by Gasteiger charge is 2.24. The summed E-state index contributed by atoms with van der Waals surface area (Å²) in [5.74, 6) is 1.17. The summed E-state index contributed by atoms with van der Waals surface area (Å²) in [4.78, 5) is 12.6. The molecule has 0 radical (unpaired) electrons. The third-order valence-corrected chi connectivity index (χ3v) is 4.93. The van der Waals surface area contributed by atoms with Crippen LogP contribution in [-0.2, 0) is 12.0 Å². The average molecular weight is 368 g/mol. The normalized spacial score (nSPS) is 12.3. The van der Waals surface area contributed by atoms with Crippen LogP contribution in [0.25, 0.3) is 5.57 Å². The van der Waals surface area contributed by atoms with Gasteiger partial charge in [0.2, 0.25) is 0 Å². The van der Waals surface area contributed by atoms with Gasteiger partial charge in [-0.2, -0.15) is 0 Å². The molecule has 0 aliphatic heterocycles. The lowest BCUT2D eigenvalue weighted by molar-refractivity contribution is 0.188. The van der Waals surface area contributed by atoms with Crippen LogP contribution in [0.4, 0.5) is 4.79 Å². The van der Waals surface area contributed by atoms with Gasteiger partial charge in [0, 0.05) is 1.43 Å². The molecule has 0 aliphatic rings. The van der Waals surface area contributed by atoms with Crippen LogP contribution in [-0.4, -0.2) is 6.09 Å². The summed E-state index contributed by atoms with van der Waals surface area (Å²) >= 11 is 0. The zero-order chi connectivity index (χ0) is 20.0. The molecule has 2 aromatic rings. The molecular formula is C24H33NO2. The van der Waals surface area contributed by atoms with E-state index in [4.69, 9.17) is 4.74 Å². The fourth-order valence-electron chi connectivity index (χ4n) is 2.92. The van der Waals surface area contributed by atoms with Gasteiger partial charge in [0.05, 0.1) is 5.54 Å². The number of hydrogen-bond acceptors (Lipinski definition) is 2. The third kappa shape index (κ3) is 5.72. The molecule has 0 spiro atoms. The van der Waals surface area contributed by atoms with Crippen LogP contribution in [0.5, 0.6) is 5.75 Å². The molecule has 0 heterocycles. The molecular weight excluding hydrogens is 334 g/mol. The first-order valence-electron chi connectivity index (χ1n) is 9.57. The van der Waals surface area contributed by atoms with Crippen molar-refractivity contribution in [1.29, 1.82) is 0 Å². The lowest BCUT2D eigenvalue weighted by Gasteiger charge is -2.27. The third-order valence-electron chi connectivity index (χ3n) is 4.93. The van der Waals surface area contributed by atoms with Crippen molar-refractivity contribution in [1.82, 2.24) is 5.32 Å². The minimum Gasteiger partial charge on any atom is -0.410 e. The maximum absolute atomic E-state index is 12.6. The molecule has 0 aromatic heterocycles. The number of benzene rings is 2. The van der Waals surface area contributed by atoms with Crippen LogP contribution in [0.3, 0.4) is 0 Å². The Morgan fingerprint density at radius 3 is 2.59 bits per heavy atom. The maximum atomic E-state index is 12.6. The first-order valence-corrected chi connectivity index (χ1v) is 9.57. The molecule has 3 heteroatoms. The fraction of sp³-hybridized carbons (Fsp3) is 0.375. The zero-order valence-corrected chi connectivity index (χ0v) is 17.1. The quantitative estimate of drug-likeness (QED) is 0.600. The Morgan fingerprint density at radius 1 is 1.22 bits per heavy atom. The monoisotopic (exact) mass is 367 g/mol. The first-order chi connectivity index (χ1) is 12.7. The minimum absolute atomic E-state index is 0. The number of allylic oxidation sites excluding steroid dienone is 1. The van der Waals surface area contributed by atoms with Crippen molar-refractivity contribution in [3.8, 4) is 5.75 Å². The lowest BCUT2D eigenvalue weighted by atomic mass is 9.92. The van der Waals surface area contributed by atoms with Crippen LogP contribution < -0.4 is 10.1 Å². The first kappa shape index (κ1) is 20.8. The topological polar surface area (TPSA) is 38.3 Å². The highest BCUT2D eigenvalue weighted by Crippen LogP contribution is 2.25. The van der Waals surface area contributed by atoms with E-state index in [0.717, 1.165) is 35.1 Å². The molecule has 27 heavy (non-hydrogen) atoms. The molecule has 0 saturated carbocycles. The van der Waals surface area contributed by atoms with Gasteiger partial charge in [-0.25, -0.2) is 4.79 Å². The van der Waals surface area contributed by atoms with Crippen molar-refractivity contribution < 1.29 is 11.0 Å². The van der Waals surface area contributed by atoms with Gasteiger partial charge in [0.1, 0.15) is 5.75 Å². The number of amides is 1. The van der Waals surface area contributed by atoms with Crippen LogP contribution >= 0.6 is 0 Å². The lowest BCUT2D eigenvalue weighted by Crippen LogP contribution is -2.42. The van der Waals surface area contributed by atoms with E-state index in [-0.39, 0.29) is 1.43 Å². The molecule has 2 rings (SSSR count). The molecule has 146 valence electrons. The van der Waals surface area contributed by atoms with Gasteiger partial charge in [-0.1, -0.05) is 68.8 Å². The zero-order valence-electron chi connectivity index (χ0n) is 17.1. The van der Waals surface area contributed by atoms with Gasteiger partial charge in [0.15, 0.2) is 0 Å². The van der Waals surface area contributed by atoms with Gasteiger partial charge in [-0.15, -0.1) is 0 Å². The summed E-state index contributed by atoms with van der Waals surface area (Å²) in [6, 6.07) is 15.8. The predicted molar refractivity (Wildman–Crippen MR) is 115 cm³/mol. The molecule has 1 atom stereocenters. The second kappa shape index (κ2) is 8.90. The van der Waals surface area contributed by atoms with Gasteiger partial charge in [-0.05, 0) is 61.9 Å². The van der Waals surface area contributed by atoms with Crippen molar-refractivity contribution in [2.45, 2.75) is 53.0 Å². The van der Waals surface area contributed by atoms with Crippen LogP contribution in [0, 0.1) is 5.92 Å². The summed E-state index contributed by atoms with van der Waals surface area (Å²) in [5, 5.41) is 2.99. The molecule has 0 saturated heterocycles. The van der Waals surface area contributed by atoms with Crippen molar-refractivity contribution >= 4 is 11.7 Å². The molecule has 0 bridgehead atoms. The number of hydrogen-bond donors (Lipinski definition) is 1. The van der Waals surface area contributed by atoms with E-state index in [2.05, 4.69) is 31.8 Å². The Kier molecular flexibility index (Phi) is 6.84. The number of carbonyl (C=O) groups is 1. The highest BCUT2D eigenvalue weighted by atomic mass is 16.6. The standard InChI is InChI=1S/C24H31NO2.H2/c1-7-18(4)15-20-11-8-9-14-22(20)27-23(26)25-24(5,6)21-13-10-12-19(16-21)17(2)3;/h8-14,16,18H,2,7,15H2,1,3-6H3,(H,25,26);1H. The molecule has 3 nitrogen and oxygen atoms in total. The molecule has 2 aromatic carbocycles. The van der Waals surface area contributed by atoms with Crippen molar-refractivity contribution in [2.24, 2.45) is 5.92 Å². The second-order valence-corrected chi connectivity index (χ2v) is 7.83. The molecule has 1 amide bonds. The van der Waals surface area contributed by atoms with Gasteiger partial charge >= 0.3 is 6.09 Å². The second-order valence-electron chi connectivity index (χ2n) is 7.83. The van der Waals surface area contributed by atoms with E-state index in [1.54, 1.807) is 0 Å². The van der Waals surface area contributed by atoms with Crippen LogP contribution in [0.15, 0.2) is 55.1 Å². The average Bonchev–Trinajstić information content (AvgIpc) is 2.62. The largest absolute Gasteiger partial charge is 0.413 e. The molecule has 0 fully saturated rings. The van der Waals surface area contributed by atoms with Crippen molar-refractivity contribution in [2.75, 3.05) is 0 Å². The number of rotatable bonds is 7. The summed E-state index contributed by atoms with van der Waals surface area (Å²) in [6.45, 7) is 14.3. The Bertz CT molecular complexity index is 814. The van der Waals surface area contributed by atoms with E-state index in [9.17, 15) is 4.79 Å². The SMILES string of the molecule is C=C(C)c1cccc(C(C)(C)NC(=O)Oc2ccccc2CC(C)CC)c1.[HH]. The Morgan fingerprint density at radius 2 is 1.93 bits per heavy atom. The summed E-state index contributed by atoms with van der Waals surface area (Å²) < 4.78 is 5.66. The van der Waals surface area contributed by atoms with Crippen molar-refractivity contribution in [3.05, 3.63) is 71.8 Å². The van der Waals surface area contributed by atoms with E-state index < -0.39 is 11.6 Å². The maximum Gasteiger partial charge on any atom is 0.413 e. The summed E-state index contributed by atoms with van der Waals surface area (Å²) in [5.41, 5.74) is 3.56. The van der Waals surface area contributed by atoms with E-state index in [1.165, 1.54) is 0 Å². The van der Waals surface area contributed by atoms with E-state index >= 15 is 0 Å². The van der Waals surface area contributed by atoms with Gasteiger partial charge in [-0.3, -0.25) is 0 Å². The highest BCUT2D eigenvalue weighted by molar-refractivity contribution is 5.72. The van der Waals surface area contributed by atoms with Crippen LogP contribution in [0.1, 0.15) is 59.2 Å². The summed E-state index contributed by atoms with van der Waals surface area (Å²) in [7, 11) is 0. The van der Waals surface area contributed by atoms with E-state index in [0.29, 0.717) is 11.7 Å². The molecule has 0 aliphatic carbocycles.